The van der Waals surface area contributed by atoms with E-state index in [4.69, 9.17) is 0 Å². The lowest BCUT2D eigenvalue weighted by molar-refractivity contribution is 0.477. The Morgan fingerprint density at radius 3 is 2.08 bits per heavy atom. The van der Waals surface area contributed by atoms with E-state index in [-0.39, 0.29) is 5.75 Å². The van der Waals surface area contributed by atoms with Crippen LogP contribution in [0.15, 0.2) is 85.1 Å². The first-order valence-electron chi connectivity index (χ1n) is 7.92. The number of aromatic hydroxyl groups is 1. The standard InChI is InChI=1S/C21H15IN2O/c22-19-12-6-4-10-16(19)18-14-23-24(15-8-2-1-3-9-15)21(18)17-11-5-7-13-20(17)25/h1-14,25H. The number of rotatable bonds is 3. The van der Waals surface area contributed by atoms with Gasteiger partial charge >= 0.3 is 0 Å². The molecule has 0 bridgehead atoms. The van der Waals surface area contributed by atoms with Crippen LogP contribution >= 0.6 is 22.6 Å². The van der Waals surface area contributed by atoms with Gasteiger partial charge in [0.05, 0.1) is 17.6 Å². The van der Waals surface area contributed by atoms with Gasteiger partial charge in [0.15, 0.2) is 0 Å². The zero-order chi connectivity index (χ0) is 17.2. The Bertz CT molecular complexity index is 1030. The SMILES string of the molecule is Oc1ccccc1-c1c(-c2ccccc2I)cnn1-c1ccccc1. The molecule has 3 nitrogen and oxygen atoms in total. The number of nitrogens with zero attached hydrogens (tertiary/aromatic N) is 2. The molecule has 122 valence electrons. The maximum atomic E-state index is 10.5. The lowest BCUT2D eigenvalue weighted by Crippen LogP contribution is -1.99. The van der Waals surface area contributed by atoms with Gasteiger partial charge in [-0.2, -0.15) is 5.10 Å². The molecule has 4 heteroatoms. The number of para-hydroxylation sites is 2. The molecule has 0 aliphatic heterocycles. The minimum absolute atomic E-state index is 0.243. The van der Waals surface area contributed by atoms with E-state index < -0.39 is 0 Å². The van der Waals surface area contributed by atoms with Crippen molar-refractivity contribution in [3.05, 3.63) is 88.6 Å². The quantitative estimate of drug-likeness (QED) is 0.428. The number of phenolic OH excluding ortho intramolecular Hbond substituents is 1. The minimum atomic E-state index is 0.243. The Morgan fingerprint density at radius 1 is 0.720 bits per heavy atom. The van der Waals surface area contributed by atoms with Gasteiger partial charge in [-0.1, -0.05) is 48.5 Å². The summed E-state index contributed by atoms with van der Waals surface area (Å²) in [5.41, 5.74) is 4.70. The smallest absolute Gasteiger partial charge is 0.124 e. The topological polar surface area (TPSA) is 38.1 Å². The summed E-state index contributed by atoms with van der Waals surface area (Å²) < 4.78 is 3.03. The van der Waals surface area contributed by atoms with Crippen molar-refractivity contribution in [1.82, 2.24) is 9.78 Å². The lowest BCUT2D eigenvalue weighted by Gasteiger charge is -2.12. The summed E-state index contributed by atoms with van der Waals surface area (Å²) in [5, 5.41) is 15.1. The van der Waals surface area contributed by atoms with Crippen molar-refractivity contribution in [2.45, 2.75) is 0 Å². The molecular weight excluding hydrogens is 423 g/mol. The minimum Gasteiger partial charge on any atom is -0.507 e. The maximum Gasteiger partial charge on any atom is 0.124 e. The number of halogens is 1. The summed E-state index contributed by atoms with van der Waals surface area (Å²) in [6, 6.07) is 25.5. The van der Waals surface area contributed by atoms with Crippen molar-refractivity contribution >= 4 is 22.6 Å². The van der Waals surface area contributed by atoms with E-state index in [1.54, 1.807) is 6.07 Å². The predicted molar refractivity (Wildman–Crippen MR) is 109 cm³/mol. The van der Waals surface area contributed by atoms with E-state index in [1.807, 2.05) is 71.5 Å². The van der Waals surface area contributed by atoms with Crippen molar-refractivity contribution in [1.29, 1.82) is 0 Å². The maximum absolute atomic E-state index is 10.5. The van der Waals surface area contributed by atoms with E-state index in [9.17, 15) is 5.11 Å². The molecule has 4 rings (SSSR count). The molecule has 25 heavy (non-hydrogen) atoms. The van der Waals surface area contributed by atoms with Crippen LogP contribution in [0, 0.1) is 3.57 Å². The van der Waals surface area contributed by atoms with E-state index >= 15 is 0 Å². The van der Waals surface area contributed by atoms with Crippen LogP contribution in [0.1, 0.15) is 0 Å². The third kappa shape index (κ3) is 2.93. The summed E-state index contributed by atoms with van der Waals surface area (Å²) in [4.78, 5) is 0. The number of benzene rings is 3. The Labute approximate surface area is 159 Å². The largest absolute Gasteiger partial charge is 0.507 e. The Hall–Kier alpha value is -2.60. The first kappa shape index (κ1) is 15.9. The molecule has 4 aromatic rings. The summed E-state index contributed by atoms with van der Waals surface area (Å²) in [6.45, 7) is 0. The molecule has 0 radical (unpaired) electrons. The van der Waals surface area contributed by atoms with Gasteiger partial charge in [-0.25, -0.2) is 4.68 Å². The Morgan fingerprint density at radius 2 is 1.36 bits per heavy atom. The second-order valence-corrected chi connectivity index (χ2v) is 6.81. The summed E-state index contributed by atoms with van der Waals surface area (Å²) >= 11 is 2.33. The highest BCUT2D eigenvalue weighted by atomic mass is 127. The Kier molecular flexibility index (Phi) is 4.28. The van der Waals surface area contributed by atoms with Gasteiger partial charge in [0, 0.05) is 14.7 Å². The molecule has 1 aromatic heterocycles. The predicted octanol–water partition coefficient (Wildman–Crippen LogP) is 5.52. The lowest BCUT2D eigenvalue weighted by atomic mass is 10.0. The molecule has 0 spiro atoms. The molecule has 0 fully saturated rings. The van der Waals surface area contributed by atoms with Gasteiger partial charge in [-0.15, -0.1) is 0 Å². The summed E-state index contributed by atoms with van der Waals surface area (Å²) in [5.74, 6) is 0.243. The van der Waals surface area contributed by atoms with Crippen LogP contribution in [-0.2, 0) is 0 Å². The highest BCUT2D eigenvalue weighted by Gasteiger charge is 2.19. The monoisotopic (exact) mass is 438 g/mol. The highest BCUT2D eigenvalue weighted by molar-refractivity contribution is 14.1. The fraction of sp³-hybridized carbons (Fsp3) is 0. The summed E-state index contributed by atoms with van der Waals surface area (Å²) in [7, 11) is 0. The molecule has 0 saturated carbocycles. The molecule has 0 unspecified atom stereocenters. The second kappa shape index (κ2) is 6.72. The zero-order valence-electron chi connectivity index (χ0n) is 13.3. The van der Waals surface area contributed by atoms with E-state index in [0.717, 1.165) is 31.6 Å². The molecule has 1 N–H and O–H groups in total. The van der Waals surface area contributed by atoms with Crippen LogP contribution in [0.5, 0.6) is 5.75 Å². The van der Waals surface area contributed by atoms with E-state index in [1.165, 1.54) is 0 Å². The first-order chi connectivity index (χ1) is 12.3. The number of hydrogen-bond acceptors (Lipinski definition) is 2. The van der Waals surface area contributed by atoms with Crippen molar-refractivity contribution in [2.75, 3.05) is 0 Å². The Balaban J connectivity index is 2.03. The third-order valence-corrected chi connectivity index (χ3v) is 5.03. The highest BCUT2D eigenvalue weighted by Crippen LogP contribution is 2.39. The van der Waals surface area contributed by atoms with Crippen LogP contribution in [0.4, 0.5) is 0 Å². The molecule has 0 atom stereocenters. The third-order valence-electron chi connectivity index (χ3n) is 4.09. The summed E-state index contributed by atoms with van der Waals surface area (Å²) in [6.07, 6.45) is 1.87. The molecule has 0 aliphatic carbocycles. The molecule has 0 saturated heterocycles. The van der Waals surface area contributed by atoms with Crippen LogP contribution in [0.2, 0.25) is 0 Å². The van der Waals surface area contributed by atoms with Crippen molar-refractivity contribution in [3.63, 3.8) is 0 Å². The second-order valence-electron chi connectivity index (χ2n) is 5.65. The van der Waals surface area contributed by atoms with Crippen molar-refractivity contribution < 1.29 is 5.11 Å². The molecule has 0 amide bonds. The number of aromatic nitrogens is 2. The normalized spacial score (nSPS) is 10.8. The number of phenols is 1. The van der Waals surface area contributed by atoms with Crippen molar-refractivity contribution in [3.8, 4) is 33.8 Å². The van der Waals surface area contributed by atoms with Gasteiger partial charge in [0.1, 0.15) is 5.75 Å². The zero-order valence-corrected chi connectivity index (χ0v) is 15.5. The van der Waals surface area contributed by atoms with Gasteiger partial charge in [-0.3, -0.25) is 0 Å². The van der Waals surface area contributed by atoms with E-state index in [2.05, 4.69) is 39.8 Å². The van der Waals surface area contributed by atoms with Crippen LogP contribution in [0.25, 0.3) is 28.1 Å². The van der Waals surface area contributed by atoms with Gasteiger partial charge in [0.25, 0.3) is 0 Å². The van der Waals surface area contributed by atoms with Crippen LogP contribution in [0.3, 0.4) is 0 Å². The molecule has 1 heterocycles. The average molecular weight is 438 g/mol. The van der Waals surface area contributed by atoms with Gasteiger partial charge in [0.2, 0.25) is 0 Å². The first-order valence-corrected chi connectivity index (χ1v) is 9.00. The number of hydrogen-bond donors (Lipinski definition) is 1. The van der Waals surface area contributed by atoms with E-state index in [0.29, 0.717) is 0 Å². The fourth-order valence-electron chi connectivity index (χ4n) is 2.92. The van der Waals surface area contributed by atoms with Gasteiger partial charge < -0.3 is 5.11 Å². The molecular formula is C21H15IN2O. The van der Waals surface area contributed by atoms with Crippen LogP contribution < -0.4 is 0 Å². The average Bonchev–Trinajstić information content (AvgIpc) is 3.08. The van der Waals surface area contributed by atoms with Crippen molar-refractivity contribution in [2.24, 2.45) is 0 Å². The molecule has 3 aromatic carbocycles. The van der Waals surface area contributed by atoms with Crippen LogP contribution in [-0.4, -0.2) is 14.9 Å². The van der Waals surface area contributed by atoms with Gasteiger partial charge in [-0.05, 0) is 58.5 Å². The fourth-order valence-corrected chi connectivity index (χ4v) is 3.60. The molecule has 0 aliphatic rings.